The van der Waals surface area contributed by atoms with Gasteiger partial charge in [0.2, 0.25) is 5.95 Å². The van der Waals surface area contributed by atoms with Crippen molar-refractivity contribution in [1.82, 2.24) is 19.8 Å². The van der Waals surface area contributed by atoms with Crippen molar-refractivity contribution in [1.29, 1.82) is 0 Å². The summed E-state index contributed by atoms with van der Waals surface area (Å²) in [5.41, 5.74) is 0.534. The van der Waals surface area contributed by atoms with Gasteiger partial charge in [-0.1, -0.05) is 0 Å². The first-order chi connectivity index (χ1) is 9.70. The molecule has 0 saturated carbocycles. The molecule has 110 valence electrons. The summed E-state index contributed by atoms with van der Waals surface area (Å²) in [7, 11) is 3.70. The van der Waals surface area contributed by atoms with Crippen molar-refractivity contribution >= 4 is 11.9 Å². The van der Waals surface area contributed by atoms with Crippen molar-refractivity contribution < 1.29 is 9.53 Å². The van der Waals surface area contributed by atoms with Crippen molar-refractivity contribution in [3.8, 4) is 0 Å². The van der Waals surface area contributed by atoms with E-state index in [1.807, 2.05) is 4.90 Å². The lowest BCUT2D eigenvalue weighted by molar-refractivity contribution is 0.0663. The minimum Gasteiger partial charge on any atom is -0.383 e. The summed E-state index contributed by atoms with van der Waals surface area (Å²) >= 11 is 0. The molecule has 0 unspecified atom stereocenters. The Bertz CT molecular complexity index is 429. The summed E-state index contributed by atoms with van der Waals surface area (Å²) in [5, 5.41) is 3.02. The maximum atomic E-state index is 12.3. The highest BCUT2D eigenvalue weighted by Gasteiger charge is 2.20. The van der Waals surface area contributed by atoms with Gasteiger partial charge in [-0.3, -0.25) is 4.79 Å². The zero-order chi connectivity index (χ0) is 14.4. The van der Waals surface area contributed by atoms with Gasteiger partial charge in [0.25, 0.3) is 5.91 Å². The molecule has 7 heteroatoms. The number of piperazine rings is 1. The van der Waals surface area contributed by atoms with Gasteiger partial charge in [-0.15, -0.1) is 0 Å². The molecule has 20 heavy (non-hydrogen) atoms. The van der Waals surface area contributed by atoms with Crippen molar-refractivity contribution in [3.63, 3.8) is 0 Å². The van der Waals surface area contributed by atoms with E-state index in [1.54, 1.807) is 19.5 Å². The number of amides is 1. The van der Waals surface area contributed by atoms with E-state index in [0.717, 1.165) is 26.2 Å². The van der Waals surface area contributed by atoms with Crippen LogP contribution >= 0.6 is 0 Å². The van der Waals surface area contributed by atoms with E-state index in [4.69, 9.17) is 4.74 Å². The SMILES string of the molecule is COCCNc1ncc(C(=O)N2CCN(C)CC2)cn1. The first-order valence-corrected chi connectivity index (χ1v) is 6.73. The van der Waals surface area contributed by atoms with Gasteiger partial charge in [-0.05, 0) is 7.05 Å². The number of carbonyl (C=O) groups is 1. The van der Waals surface area contributed by atoms with Gasteiger partial charge in [-0.25, -0.2) is 9.97 Å². The number of hydrogen-bond donors (Lipinski definition) is 1. The van der Waals surface area contributed by atoms with Gasteiger partial charge in [-0.2, -0.15) is 0 Å². The molecule has 1 aromatic heterocycles. The van der Waals surface area contributed by atoms with Gasteiger partial charge in [0.15, 0.2) is 0 Å². The van der Waals surface area contributed by atoms with Gasteiger partial charge < -0.3 is 19.9 Å². The number of hydrogen-bond acceptors (Lipinski definition) is 6. The molecule has 0 aliphatic carbocycles. The first-order valence-electron chi connectivity index (χ1n) is 6.73. The van der Waals surface area contributed by atoms with Gasteiger partial charge in [0.1, 0.15) is 0 Å². The molecule has 1 amide bonds. The van der Waals surface area contributed by atoms with Crippen LogP contribution in [-0.2, 0) is 4.74 Å². The van der Waals surface area contributed by atoms with Crippen LogP contribution in [0.25, 0.3) is 0 Å². The van der Waals surface area contributed by atoms with Crippen LogP contribution in [0.2, 0.25) is 0 Å². The van der Waals surface area contributed by atoms with E-state index in [1.165, 1.54) is 0 Å². The molecule has 0 atom stereocenters. The van der Waals surface area contributed by atoms with Crippen LogP contribution in [0.3, 0.4) is 0 Å². The third-order valence-electron chi connectivity index (χ3n) is 3.28. The van der Waals surface area contributed by atoms with Gasteiger partial charge in [0.05, 0.1) is 12.2 Å². The Morgan fingerprint density at radius 3 is 2.55 bits per heavy atom. The Kier molecular flexibility index (Phi) is 5.25. The molecule has 1 aliphatic rings. The fourth-order valence-electron chi connectivity index (χ4n) is 1.99. The number of aromatic nitrogens is 2. The zero-order valence-corrected chi connectivity index (χ0v) is 12.0. The van der Waals surface area contributed by atoms with Crippen LogP contribution < -0.4 is 5.32 Å². The summed E-state index contributed by atoms with van der Waals surface area (Å²) < 4.78 is 4.93. The largest absolute Gasteiger partial charge is 0.383 e. The molecule has 1 aromatic rings. The monoisotopic (exact) mass is 279 g/mol. The quantitative estimate of drug-likeness (QED) is 0.760. The summed E-state index contributed by atoms with van der Waals surface area (Å²) in [4.78, 5) is 24.6. The maximum Gasteiger partial charge on any atom is 0.257 e. The molecular weight excluding hydrogens is 258 g/mol. The number of methoxy groups -OCH3 is 1. The summed E-state index contributed by atoms with van der Waals surface area (Å²) in [6.07, 6.45) is 3.14. The Labute approximate surface area is 118 Å². The second-order valence-corrected chi connectivity index (χ2v) is 4.81. The molecule has 0 radical (unpaired) electrons. The Morgan fingerprint density at radius 1 is 1.30 bits per heavy atom. The van der Waals surface area contributed by atoms with E-state index >= 15 is 0 Å². The molecule has 2 heterocycles. The van der Waals surface area contributed by atoms with Crippen molar-refractivity contribution in [3.05, 3.63) is 18.0 Å². The minimum absolute atomic E-state index is 0.00143. The third-order valence-corrected chi connectivity index (χ3v) is 3.28. The van der Waals surface area contributed by atoms with Crippen molar-refractivity contribution in [2.45, 2.75) is 0 Å². The van der Waals surface area contributed by atoms with Gasteiger partial charge in [0, 0.05) is 52.2 Å². The second-order valence-electron chi connectivity index (χ2n) is 4.81. The van der Waals surface area contributed by atoms with E-state index in [-0.39, 0.29) is 5.91 Å². The third kappa shape index (κ3) is 3.88. The number of nitrogens with one attached hydrogen (secondary N) is 1. The predicted octanol–water partition coefficient (Wildman–Crippen LogP) is -0.0775. The van der Waals surface area contributed by atoms with E-state index in [0.29, 0.717) is 24.7 Å². The predicted molar refractivity (Wildman–Crippen MR) is 75.8 cm³/mol. The fraction of sp³-hybridized carbons (Fsp3) is 0.615. The lowest BCUT2D eigenvalue weighted by atomic mass is 10.2. The summed E-state index contributed by atoms with van der Waals surface area (Å²) in [6.45, 7) is 4.55. The number of anilines is 1. The van der Waals surface area contributed by atoms with Crippen LogP contribution in [0, 0.1) is 0 Å². The Hall–Kier alpha value is -1.73. The first kappa shape index (κ1) is 14.7. The second kappa shape index (κ2) is 7.16. The fourth-order valence-corrected chi connectivity index (χ4v) is 1.99. The lowest BCUT2D eigenvalue weighted by Gasteiger charge is -2.32. The highest BCUT2D eigenvalue weighted by atomic mass is 16.5. The standard InChI is InChI=1S/C13H21N5O2/c1-17-4-6-18(7-5-17)12(19)11-9-15-13(16-10-11)14-3-8-20-2/h9-10H,3-8H2,1-2H3,(H,14,15,16). The van der Waals surface area contributed by atoms with Crippen molar-refractivity contribution in [2.24, 2.45) is 0 Å². The summed E-state index contributed by atoms with van der Waals surface area (Å²) in [5.74, 6) is 0.513. The molecule has 0 aromatic carbocycles. The smallest absolute Gasteiger partial charge is 0.257 e. The molecule has 0 spiro atoms. The maximum absolute atomic E-state index is 12.3. The summed E-state index contributed by atoms with van der Waals surface area (Å²) in [6, 6.07) is 0. The molecular formula is C13H21N5O2. The Morgan fingerprint density at radius 2 is 1.95 bits per heavy atom. The van der Waals surface area contributed by atoms with Crippen molar-refractivity contribution in [2.75, 3.05) is 58.8 Å². The molecule has 2 rings (SSSR count). The van der Waals surface area contributed by atoms with Crippen LogP contribution in [0.1, 0.15) is 10.4 Å². The molecule has 1 fully saturated rings. The minimum atomic E-state index is 0.00143. The van der Waals surface area contributed by atoms with E-state index in [2.05, 4.69) is 27.2 Å². The van der Waals surface area contributed by atoms with Crippen LogP contribution in [0.4, 0.5) is 5.95 Å². The van der Waals surface area contributed by atoms with Crippen LogP contribution in [-0.4, -0.2) is 79.2 Å². The topological polar surface area (TPSA) is 70.6 Å². The molecule has 0 bridgehead atoms. The molecule has 1 N–H and O–H groups in total. The highest BCUT2D eigenvalue weighted by Crippen LogP contribution is 2.07. The number of nitrogens with zero attached hydrogens (tertiary/aromatic N) is 4. The average Bonchev–Trinajstić information content (AvgIpc) is 2.48. The number of rotatable bonds is 5. The molecule has 1 saturated heterocycles. The van der Waals surface area contributed by atoms with Crippen LogP contribution in [0.15, 0.2) is 12.4 Å². The van der Waals surface area contributed by atoms with E-state index < -0.39 is 0 Å². The van der Waals surface area contributed by atoms with Crippen LogP contribution in [0.5, 0.6) is 0 Å². The average molecular weight is 279 g/mol. The number of likely N-dealkylation sites (N-methyl/N-ethyl adjacent to an activating group) is 1. The lowest BCUT2D eigenvalue weighted by Crippen LogP contribution is -2.47. The van der Waals surface area contributed by atoms with E-state index in [9.17, 15) is 4.79 Å². The Balaban J connectivity index is 1.90. The molecule has 7 nitrogen and oxygen atoms in total. The van der Waals surface area contributed by atoms with Gasteiger partial charge >= 0.3 is 0 Å². The molecule has 1 aliphatic heterocycles. The zero-order valence-electron chi connectivity index (χ0n) is 12.0. The number of ether oxygens (including phenoxy) is 1. The highest BCUT2D eigenvalue weighted by molar-refractivity contribution is 5.93. The number of carbonyl (C=O) groups excluding carboxylic acids is 1. The normalized spacial score (nSPS) is 16.2.